The maximum atomic E-state index is 12.0. The van der Waals surface area contributed by atoms with Crippen molar-refractivity contribution in [3.63, 3.8) is 0 Å². The van der Waals surface area contributed by atoms with Crippen LogP contribution in [0.25, 0.3) is 0 Å². The average molecular weight is 288 g/mol. The number of hydrogen-bond acceptors (Lipinski definition) is 2. The molecule has 1 fully saturated rings. The predicted octanol–water partition coefficient (Wildman–Crippen LogP) is 4.16. The highest BCUT2D eigenvalue weighted by Gasteiger charge is 2.18. The van der Waals surface area contributed by atoms with E-state index in [4.69, 9.17) is 0 Å². The zero-order valence-electron chi connectivity index (χ0n) is 13.6. The van der Waals surface area contributed by atoms with Crippen LogP contribution in [-0.2, 0) is 0 Å². The molecule has 0 aromatic heterocycles. The number of hydrogen-bond donors (Lipinski definition) is 1. The number of carbonyl (C=O) groups excluding carboxylic acids is 1. The van der Waals surface area contributed by atoms with Crippen LogP contribution < -0.4 is 5.32 Å². The summed E-state index contributed by atoms with van der Waals surface area (Å²) in [6.07, 6.45) is 7.79. The Bertz CT molecular complexity index is 470. The van der Waals surface area contributed by atoms with E-state index in [1.165, 1.54) is 38.5 Å². The quantitative estimate of drug-likeness (QED) is 0.844. The van der Waals surface area contributed by atoms with Crippen LogP contribution in [0.5, 0.6) is 0 Å². The Labute approximate surface area is 128 Å². The molecule has 1 amide bonds. The number of anilines is 1. The first-order valence-corrected chi connectivity index (χ1v) is 8.18. The van der Waals surface area contributed by atoms with Gasteiger partial charge in [0.15, 0.2) is 0 Å². The Kier molecular flexibility index (Phi) is 5.66. The first kappa shape index (κ1) is 15.9. The Morgan fingerprint density at radius 3 is 2.76 bits per heavy atom. The maximum Gasteiger partial charge on any atom is 0.253 e. The second kappa shape index (κ2) is 7.48. The fraction of sp³-hybridized carbons (Fsp3) is 0.611. The largest absolute Gasteiger partial charge is 0.382 e. The lowest BCUT2D eigenvalue weighted by Gasteiger charge is -2.19. The second-order valence-electron chi connectivity index (χ2n) is 6.40. The molecule has 21 heavy (non-hydrogen) atoms. The topological polar surface area (TPSA) is 32.3 Å². The Morgan fingerprint density at radius 1 is 1.24 bits per heavy atom. The minimum Gasteiger partial charge on any atom is -0.382 e. The van der Waals surface area contributed by atoms with Crippen molar-refractivity contribution in [1.29, 1.82) is 0 Å². The van der Waals surface area contributed by atoms with Gasteiger partial charge < -0.3 is 10.2 Å². The standard InChI is InChI=1S/C18H28N2O/c1-4-14-7-5-9-16(12-11-14)19-17-10-6-8-15(13-17)18(21)20(2)3/h6,8,10,13-14,16,19H,4-5,7,9,11-12H2,1-3H3. The van der Waals surface area contributed by atoms with Crippen molar-refractivity contribution < 1.29 is 4.79 Å². The summed E-state index contributed by atoms with van der Waals surface area (Å²) in [7, 11) is 3.58. The molecule has 0 aliphatic heterocycles. The third-order valence-corrected chi connectivity index (χ3v) is 4.55. The van der Waals surface area contributed by atoms with Crippen LogP contribution in [0.2, 0.25) is 0 Å². The molecular formula is C18H28N2O. The van der Waals surface area contributed by atoms with Gasteiger partial charge in [-0.05, 0) is 43.4 Å². The van der Waals surface area contributed by atoms with E-state index in [-0.39, 0.29) is 5.91 Å². The van der Waals surface area contributed by atoms with E-state index in [0.717, 1.165) is 17.2 Å². The van der Waals surface area contributed by atoms with Crippen molar-refractivity contribution in [3.05, 3.63) is 29.8 Å². The highest BCUT2D eigenvalue weighted by atomic mass is 16.2. The highest BCUT2D eigenvalue weighted by molar-refractivity contribution is 5.94. The fourth-order valence-corrected chi connectivity index (χ4v) is 3.17. The number of benzene rings is 1. The summed E-state index contributed by atoms with van der Waals surface area (Å²) in [5.74, 6) is 0.962. The van der Waals surface area contributed by atoms with Gasteiger partial charge in [-0.2, -0.15) is 0 Å². The van der Waals surface area contributed by atoms with Gasteiger partial charge in [-0.25, -0.2) is 0 Å². The van der Waals surface area contributed by atoms with Crippen LogP contribution in [-0.4, -0.2) is 30.9 Å². The number of nitrogens with zero attached hydrogens (tertiary/aromatic N) is 1. The number of amides is 1. The molecule has 3 nitrogen and oxygen atoms in total. The van der Waals surface area contributed by atoms with Crippen molar-refractivity contribution in [1.82, 2.24) is 4.90 Å². The second-order valence-corrected chi connectivity index (χ2v) is 6.40. The normalized spacial score (nSPS) is 22.4. The third-order valence-electron chi connectivity index (χ3n) is 4.55. The van der Waals surface area contributed by atoms with Gasteiger partial charge in [0.25, 0.3) is 5.91 Å². The van der Waals surface area contributed by atoms with Crippen molar-refractivity contribution in [2.45, 2.75) is 51.5 Å². The molecule has 0 spiro atoms. The van der Waals surface area contributed by atoms with Gasteiger partial charge in [-0.1, -0.05) is 32.3 Å². The van der Waals surface area contributed by atoms with Gasteiger partial charge in [-0.3, -0.25) is 4.79 Å². The summed E-state index contributed by atoms with van der Waals surface area (Å²) >= 11 is 0. The molecule has 1 N–H and O–H groups in total. The molecule has 2 unspecified atom stereocenters. The summed E-state index contributed by atoms with van der Waals surface area (Å²) < 4.78 is 0. The van der Waals surface area contributed by atoms with Crippen LogP contribution >= 0.6 is 0 Å². The van der Waals surface area contributed by atoms with Gasteiger partial charge in [-0.15, -0.1) is 0 Å². The monoisotopic (exact) mass is 288 g/mol. The molecule has 2 atom stereocenters. The molecule has 2 rings (SSSR count). The third kappa shape index (κ3) is 4.48. The zero-order valence-corrected chi connectivity index (χ0v) is 13.6. The summed E-state index contributed by atoms with van der Waals surface area (Å²) in [5.41, 5.74) is 1.83. The molecular weight excluding hydrogens is 260 g/mol. The van der Waals surface area contributed by atoms with E-state index in [9.17, 15) is 4.79 Å². The van der Waals surface area contributed by atoms with Crippen LogP contribution in [0.3, 0.4) is 0 Å². The Morgan fingerprint density at radius 2 is 2.05 bits per heavy atom. The predicted molar refractivity (Wildman–Crippen MR) is 88.7 cm³/mol. The molecule has 0 saturated heterocycles. The molecule has 1 aromatic carbocycles. The molecule has 1 saturated carbocycles. The van der Waals surface area contributed by atoms with E-state index in [0.29, 0.717) is 6.04 Å². The van der Waals surface area contributed by atoms with Crippen LogP contribution in [0.4, 0.5) is 5.69 Å². The highest BCUT2D eigenvalue weighted by Crippen LogP contribution is 2.27. The number of nitrogens with one attached hydrogen (secondary N) is 1. The van der Waals surface area contributed by atoms with E-state index >= 15 is 0 Å². The summed E-state index contributed by atoms with van der Waals surface area (Å²) in [4.78, 5) is 13.6. The van der Waals surface area contributed by atoms with E-state index in [2.05, 4.69) is 18.3 Å². The minimum atomic E-state index is 0.0607. The first-order chi connectivity index (χ1) is 10.1. The molecule has 3 heteroatoms. The van der Waals surface area contributed by atoms with Crippen molar-refractivity contribution in [2.24, 2.45) is 5.92 Å². The summed E-state index contributed by atoms with van der Waals surface area (Å²) in [6, 6.07) is 8.43. The lowest BCUT2D eigenvalue weighted by Crippen LogP contribution is -2.22. The zero-order chi connectivity index (χ0) is 15.2. The molecule has 0 heterocycles. The Hall–Kier alpha value is -1.51. The fourth-order valence-electron chi connectivity index (χ4n) is 3.17. The molecule has 1 aliphatic carbocycles. The lowest BCUT2D eigenvalue weighted by molar-refractivity contribution is 0.0827. The SMILES string of the molecule is CCC1CCCC(Nc2cccc(C(=O)N(C)C)c2)CC1. The van der Waals surface area contributed by atoms with Crippen molar-refractivity contribution >= 4 is 11.6 Å². The first-order valence-electron chi connectivity index (χ1n) is 8.18. The summed E-state index contributed by atoms with van der Waals surface area (Å²) in [6.45, 7) is 2.30. The minimum absolute atomic E-state index is 0.0607. The van der Waals surface area contributed by atoms with Gasteiger partial charge in [0.05, 0.1) is 0 Å². The van der Waals surface area contributed by atoms with Crippen molar-refractivity contribution in [3.8, 4) is 0 Å². The lowest BCUT2D eigenvalue weighted by atomic mass is 9.98. The number of rotatable bonds is 4. The summed E-state index contributed by atoms with van der Waals surface area (Å²) in [5, 5.41) is 3.63. The van der Waals surface area contributed by atoms with Gasteiger partial charge in [0, 0.05) is 31.4 Å². The van der Waals surface area contributed by atoms with Gasteiger partial charge in [0.1, 0.15) is 0 Å². The Balaban J connectivity index is 1.99. The number of carbonyl (C=O) groups is 1. The molecule has 1 aromatic rings. The van der Waals surface area contributed by atoms with Crippen LogP contribution in [0.15, 0.2) is 24.3 Å². The van der Waals surface area contributed by atoms with Crippen LogP contribution in [0, 0.1) is 5.92 Å². The van der Waals surface area contributed by atoms with E-state index in [1.54, 1.807) is 19.0 Å². The average Bonchev–Trinajstić information content (AvgIpc) is 2.72. The van der Waals surface area contributed by atoms with Gasteiger partial charge >= 0.3 is 0 Å². The van der Waals surface area contributed by atoms with E-state index in [1.807, 2.05) is 18.2 Å². The van der Waals surface area contributed by atoms with E-state index < -0.39 is 0 Å². The molecule has 0 radical (unpaired) electrons. The van der Waals surface area contributed by atoms with Crippen molar-refractivity contribution in [2.75, 3.05) is 19.4 Å². The maximum absolute atomic E-state index is 12.0. The van der Waals surface area contributed by atoms with Crippen LogP contribution in [0.1, 0.15) is 55.8 Å². The molecule has 0 bridgehead atoms. The smallest absolute Gasteiger partial charge is 0.253 e. The van der Waals surface area contributed by atoms with Gasteiger partial charge in [0.2, 0.25) is 0 Å². The molecule has 116 valence electrons. The molecule has 1 aliphatic rings.